The number of anilines is 2. The van der Waals surface area contributed by atoms with E-state index in [1.807, 2.05) is 12.1 Å². The number of carbonyl (C=O) groups excluding carboxylic acids is 1. The van der Waals surface area contributed by atoms with Gasteiger partial charge in [0.25, 0.3) is 0 Å². The molecule has 0 saturated carbocycles. The Morgan fingerprint density at radius 1 is 1.31 bits per heavy atom. The molecule has 0 bridgehead atoms. The summed E-state index contributed by atoms with van der Waals surface area (Å²) in [4.78, 5) is 11.2. The number of benzene rings is 1. The van der Waals surface area contributed by atoms with E-state index in [-0.39, 0.29) is 5.78 Å². The molecule has 13 heavy (non-hydrogen) atoms. The number of Topliss-reactive ketones (excluding diaryl/α,β-unsaturated/α-hetero) is 1. The van der Waals surface area contributed by atoms with Gasteiger partial charge < -0.3 is 8.69 Å². The minimum Gasteiger partial charge on any atom is -0.320 e. The van der Waals surface area contributed by atoms with E-state index in [0.717, 1.165) is 11.4 Å². The van der Waals surface area contributed by atoms with Crippen LogP contribution in [-0.2, 0) is 0 Å². The molecular formula is C8H8Br2N2O. The summed E-state index contributed by atoms with van der Waals surface area (Å²) in [5.41, 5.74) is 2.18. The van der Waals surface area contributed by atoms with Crippen LogP contribution in [0.15, 0.2) is 18.2 Å². The lowest BCUT2D eigenvalue weighted by molar-refractivity contribution is 0.101. The fraction of sp³-hybridized carbons (Fsp3) is 0.125. The summed E-state index contributed by atoms with van der Waals surface area (Å²) in [5, 5.41) is 0. The first-order chi connectivity index (χ1) is 6.20. The molecule has 0 aliphatic carbocycles. The molecule has 1 rings (SSSR count). The SMILES string of the molecule is CC(=O)c1cccc(NBr)c1NBr. The molecule has 0 aromatic heterocycles. The first-order valence-electron chi connectivity index (χ1n) is 3.58. The Balaban J connectivity index is 3.27. The zero-order valence-electron chi connectivity index (χ0n) is 6.90. The van der Waals surface area contributed by atoms with Gasteiger partial charge in [-0.2, -0.15) is 0 Å². The Morgan fingerprint density at radius 2 is 2.00 bits per heavy atom. The predicted molar refractivity (Wildman–Crippen MR) is 61.5 cm³/mol. The minimum atomic E-state index is 0.0200. The molecule has 0 aliphatic heterocycles. The van der Waals surface area contributed by atoms with Crippen molar-refractivity contribution < 1.29 is 4.79 Å². The maximum Gasteiger partial charge on any atom is 0.161 e. The lowest BCUT2D eigenvalue weighted by Gasteiger charge is -2.09. The number of nitrogens with one attached hydrogen (secondary N) is 2. The van der Waals surface area contributed by atoms with E-state index < -0.39 is 0 Å². The topological polar surface area (TPSA) is 41.1 Å². The molecule has 1 aromatic carbocycles. The van der Waals surface area contributed by atoms with Crippen LogP contribution in [-0.4, -0.2) is 5.78 Å². The maximum absolute atomic E-state index is 11.2. The van der Waals surface area contributed by atoms with Crippen molar-refractivity contribution in [3.8, 4) is 0 Å². The molecule has 0 aliphatic rings. The molecule has 0 saturated heterocycles. The van der Waals surface area contributed by atoms with Crippen LogP contribution in [0.25, 0.3) is 0 Å². The summed E-state index contributed by atoms with van der Waals surface area (Å²) in [6.45, 7) is 1.53. The van der Waals surface area contributed by atoms with Crippen LogP contribution in [0.1, 0.15) is 17.3 Å². The summed E-state index contributed by atoms with van der Waals surface area (Å²) in [7, 11) is 0. The lowest BCUT2D eigenvalue weighted by atomic mass is 10.1. The van der Waals surface area contributed by atoms with Gasteiger partial charge in [0.2, 0.25) is 0 Å². The van der Waals surface area contributed by atoms with Crippen molar-refractivity contribution in [1.29, 1.82) is 0 Å². The van der Waals surface area contributed by atoms with Gasteiger partial charge in [0.05, 0.1) is 11.4 Å². The quantitative estimate of drug-likeness (QED) is 0.665. The summed E-state index contributed by atoms with van der Waals surface area (Å²) in [5.74, 6) is 0.0200. The van der Waals surface area contributed by atoms with Crippen molar-refractivity contribution in [3.05, 3.63) is 23.8 Å². The molecule has 3 nitrogen and oxygen atoms in total. The molecule has 5 heteroatoms. The standard InChI is InChI=1S/C8H8Br2N2O/c1-5(13)6-3-2-4-7(11-9)8(6)12-10/h2-4,11-12H,1H3. The monoisotopic (exact) mass is 306 g/mol. The number of carbonyl (C=O) groups is 1. The van der Waals surface area contributed by atoms with Crippen molar-refractivity contribution in [2.24, 2.45) is 0 Å². The van der Waals surface area contributed by atoms with Crippen molar-refractivity contribution in [1.82, 2.24) is 0 Å². The van der Waals surface area contributed by atoms with Crippen LogP contribution >= 0.6 is 32.3 Å². The van der Waals surface area contributed by atoms with Gasteiger partial charge in [-0.15, -0.1) is 0 Å². The number of hydrogen-bond donors (Lipinski definition) is 2. The predicted octanol–water partition coefficient (Wildman–Crippen LogP) is 3.33. The van der Waals surface area contributed by atoms with E-state index in [0.29, 0.717) is 5.56 Å². The van der Waals surface area contributed by atoms with Gasteiger partial charge in [0.15, 0.2) is 5.78 Å². The Morgan fingerprint density at radius 3 is 2.46 bits per heavy atom. The van der Waals surface area contributed by atoms with Crippen LogP contribution in [0.5, 0.6) is 0 Å². The highest BCUT2D eigenvalue weighted by molar-refractivity contribution is 9.10. The second-order valence-electron chi connectivity index (χ2n) is 2.47. The number of ketones is 1. The zero-order valence-corrected chi connectivity index (χ0v) is 10.1. The van der Waals surface area contributed by atoms with E-state index in [1.165, 1.54) is 6.92 Å². The van der Waals surface area contributed by atoms with Crippen molar-refractivity contribution in [2.45, 2.75) is 6.92 Å². The van der Waals surface area contributed by atoms with Crippen LogP contribution in [0.2, 0.25) is 0 Å². The van der Waals surface area contributed by atoms with Crippen molar-refractivity contribution in [2.75, 3.05) is 8.69 Å². The van der Waals surface area contributed by atoms with Gasteiger partial charge in [-0.25, -0.2) is 0 Å². The molecule has 0 atom stereocenters. The first-order valence-corrected chi connectivity index (χ1v) is 5.16. The highest BCUT2D eigenvalue weighted by Gasteiger charge is 2.09. The van der Waals surface area contributed by atoms with E-state index in [9.17, 15) is 4.79 Å². The molecular weight excluding hydrogens is 300 g/mol. The largest absolute Gasteiger partial charge is 0.320 e. The van der Waals surface area contributed by atoms with Gasteiger partial charge >= 0.3 is 0 Å². The van der Waals surface area contributed by atoms with E-state index >= 15 is 0 Å². The second-order valence-corrected chi connectivity index (χ2v) is 3.27. The normalized spacial score (nSPS) is 9.46. The molecule has 0 amide bonds. The molecule has 1 aromatic rings. The Bertz CT molecular complexity index is 328. The summed E-state index contributed by atoms with van der Waals surface area (Å²) in [6, 6.07) is 5.43. The van der Waals surface area contributed by atoms with Gasteiger partial charge in [0.1, 0.15) is 0 Å². The third-order valence-electron chi connectivity index (χ3n) is 1.64. The number of halogens is 2. The molecule has 2 N–H and O–H groups in total. The summed E-state index contributed by atoms with van der Waals surface area (Å²) < 4.78 is 5.61. The maximum atomic E-state index is 11.2. The third kappa shape index (κ3) is 2.22. The molecule has 0 heterocycles. The summed E-state index contributed by atoms with van der Waals surface area (Å²) in [6.07, 6.45) is 0. The number of hydrogen-bond acceptors (Lipinski definition) is 3. The Kier molecular flexibility index (Phi) is 3.74. The summed E-state index contributed by atoms with van der Waals surface area (Å²) >= 11 is 6.22. The molecule has 0 radical (unpaired) electrons. The van der Waals surface area contributed by atoms with Crippen LogP contribution in [0.4, 0.5) is 11.4 Å². The zero-order chi connectivity index (χ0) is 9.84. The first kappa shape index (κ1) is 10.5. The number of rotatable bonds is 3. The fourth-order valence-electron chi connectivity index (χ4n) is 1.03. The smallest absolute Gasteiger partial charge is 0.161 e. The molecule has 70 valence electrons. The number of para-hydroxylation sites is 1. The average Bonchev–Trinajstić information content (AvgIpc) is 2.16. The van der Waals surface area contributed by atoms with Crippen LogP contribution < -0.4 is 8.69 Å². The Labute approximate surface area is 93.6 Å². The highest BCUT2D eigenvalue weighted by atomic mass is 79.9. The van der Waals surface area contributed by atoms with Crippen LogP contribution in [0.3, 0.4) is 0 Å². The van der Waals surface area contributed by atoms with Gasteiger partial charge in [0, 0.05) is 37.9 Å². The second kappa shape index (κ2) is 4.62. The molecule has 0 spiro atoms. The van der Waals surface area contributed by atoms with E-state index in [4.69, 9.17) is 0 Å². The highest BCUT2D eigenvalue weighted by Crippen LogP contribution is 2.28. The van der Waals surface area contributed by atoms with Crippen LogP contribution in [0, 0.1) is 0 Å². The Hall–Kier alpha value is -0.550. The third-order valence-corrected chi connectivity index (χ3v) is 2.46. The molecule has 0 unspecified atom stereocenters. The van der Waals surface area contributed by atoms with Gasteiger partial charge in [-0.1, -0.05) is 6.07 Å². The van der Waals surface area contributed by atoms with Crippen molar-refractivity contribution >= 4 is 49.5 Å². The van der Waals surface area contributed by atoms with Gasteiger partial charge in [-0.05, 0) is 19.1 Å². The van der Waals surface area contributed by atoms with E-state index in [2.05, 4.69) is 41.0 Å². The van der Waals surface area contributed by atoms with Crippen molar-refractivity contribution in [3.63, 3.8) is 0 Å². The van der Waals surface area contributed by atoms with Gasteiger partial charge in [-0.3, -0.25) is 4.79 Å². The fourth-order valence-corrected chi connectivity index (χ4v) is 1.78. The lowest BCUT2D eigenvalue weighted by Crippen LogP contribution is -1.99. The minimum absolute atomic E-state index is 0.0200. The van der Waals surface area contributed by atoms with E-state index in [1.54, 1.807) is 6.07 Å². The molecule has 0 fully saturated rings. The average molecular weight is 308 g/mol.